The normalized spacial score (nSPS) is 11.8. The Morgan fingerprint density at radius 1 is 0.966 bits per heavy atom. The van der Waals surface area contributed by atoms with Crippen molar-refractivity contribution in [3.8, 4) is 5.69 Å². The third-order valence-electron chi connectivity index (χ3n) is 4.80. The van der Waals surface area contributed by atoms with Gasteiger partial charge < -0.3 is 9.47 Å². The summed E-state index contributed by atoms with van der Waals surface area (Å²) in [6.07, 6.45) is 1.54. The maximum atomic E-state index is 12.4. The van der Waals surface area contributed by atoms with E-state index in [1.54, 1.807) is 30.5 Å². The van der Waals surface area contributed by atoms with Crippen molar-refractivity contribution in [2.75, 3.05) is 19.0 Å². The van der Waals surface area contributed by atoms with Crippen LogP contribution in [0.2, 0.25) is 0 Å². The molecular weight excluding hydrogens is 384 g/mol. The van der Waals surface area contributed by atoms with Crippen LogP contribution in [0.15, 0.2) is 64.6 Å². The molecule has 1 heterocycles. The lowest BCUT2D eigenvalue weighted by Gasteiger charge is -2.14. The predicted octanol–water partition coefficient (Wildman–Crippen LogP) is 3.78. The van der Waals surface area contributed by atoms with Crippen molar-refractivity contribution in [1.29, 1.82) is 0 Å². The number of nitrogens with one attached hydrogen (secondary N) is 1. The Morgan fingerprint density at radius 2 is 1.59 bits per heavy atom. The third kappa shape index (κ3) is 4.51. The lowest BCUT2D eigenvalue weighted by atomic mass is 10.2. The molecule has 29 heavy (non-hydrogen) atoms. The summed E-state index contributed by atoms with van der Waals surface area (Å²) in [5, 5.41) is 3.98. The van der Waals surface area contributed by atoms with E-state index in [0.717, 1.165) is 33.9 Å². The van der Waals surface area contributed by atoms with E-state index in [2.05, 4.69) is 43.7 Å². The molecule has 2 aromatic carbocycles. The monoisotopic (exact) mass is 410 g/mol. The number of aromatic nitrogens is 1. The van der Waals surface area contributed by atoms with Crippen LogP contribution in [0.4, 0.5) is 5.69 Å². The van der Waals surface area contributed by atoms with Gasteiger partial charge in [0, 0.05) is 42.4 Å². The highest BCUT2D eigenvalue weighted by Crippen LogP contribution is 2.22. The standard InChI is InChI=1S/C22H26N4O2S/c1-16-6-12-22(13-7-16)29(27,28)24-23-15-19-14-17(2)26(18(19)3)21-10-8-20(9-11-21)25(4)5/h6-15,24H,1-5H3. The van der Waals surface area contributed by atoms with Crippen LogP contribution in [-0.2, 0) is 10.0 Å². The van der Waals surface area contributed by atoms with Gasteiger partial charge in [0.05, 0.1) is 11.1 Å². The van der Waals surface area contributed by atoms with Crippen LogP contribution in [-0.4, -0.2) is 33.3 Å². The van der Waals surface area contributed by atoms with Gasteiger partial charge in [-0.1, -0.05) is 17.7 Å². The van der Waals surface area contributed by atoms with Crippen molar-refractivity contribution in [3.05, 3.63) is 77.1 Å². The van der Waals surface area contributed by atoms with Gasteiger partial charge in [0.1, 0.15) is 0 Å². The molecule has 0 bridgehead atoms. The Labute approximate surface area is 172 Å². The van der Waals surface area contributed by atoms with Gasteiger partial charge in [0.25, 0.3) is 10.0 Å². The maximum absolute atomic E-state index is 12.4. The van der Waals surface area contributed by atoms with Gasteiger partial charge in [-0.25, -0.2) is 4.83 Å². The Balaban J connectivity index is 1.82. The molecule has 0 unspecified atom stereocenters. The summed E-state index contributed by atoms with van der Waals surface area (Å²) in [7, 11) is 0.327. The first-order valence-electron chi connectivity index (χ1n) is 9.27. The van der Waals surface area contributed by atoms with E-state index in [1.165, 1.54) is 0 Å². The Kier molecular flexibility index (Phi) is 5.79. The molecule has 0 saturated carbocycles. The number of rotatable bonds is 6. The highest BCUT2D eigenvalue weighted by atomic mass is 32.2. The zero-order valence-corrected chi connectivity index (χ0v) is 18.2. The summed E-state index contributed by atoms with van der Waals surface area (Å²) in [6, 6.07) is 16.9. The molecule has 6 nitrogen and oxygen atoms in total. The first kappa shape index (κ1) is 20.7. The quantitative estimate of drug-likeness (QED) is 0.497. The van der Waals surface area contributed by atoms with Gasteiger partial charge in [0.15, 0.2) is 0 Å². The highest BCUT2D eigenvalue weighted by Gasteiger charge is 2.13. The first-order valence-corrected chi connectivity index (χ1v) is 10.8. The van der Waals surface area contributed by atoms with Crippen molar-refractivity contribution in [3.63, 3.8) is 0 Å². The molecule has 0 atom stereocenters. The van der Waals surface area contributed by atoms with Gasteiger partial charge in [0.2, 0.25) is 0 Å². The Bertz CT molecular complexity index is 1130. The summed E-state index contributed by atoms with van der Waals surface area (Å²) in [5.41, 5.74) is 6.06. The van der Waals surface area contributed by atoms with E-state index >= 15 is 0 Å². The minimum absolute atomic E-state index is 0.187. The number of nitrogens with zero attached hydrogens (tertiary/aromatic N) is 3. The summed E-state index contributed by atoms with van der Waals surface area (Å²) in [4.78, 5) is 4.53. The number of hydrogen-bond acceptors (Lipinski definition) is 4. The minimum atomic E-state index is -3.69. The van der Waals surface area contributed by atoms with Crippen LogP contribution in [0, 0.1) is 20.8 Å². The second-order valence-corrected chi connectivity index (χ2v) is 8.90. The molecule has 0 amide bonds. The van der Waals surface area contributed by atoms with Gasteiger partial charge in [-0.2, -0.15) is 13.5 Å². The molecule has 1 N–H and O–H groups in total. The molecule has 0 radical (unpaired) electrons. The van der Waals surface area contributed by atoms with Crippen molar-refractivity contribution in [2.24, 2.45) is 5.10 Å². The van der Waals surface area contributed by atoms with E-state index in [0.29, 0.717) is 0 Å². The van der Waals surface area contributed by atoms with E-state index < -0.39 is 10.0 Å². The molecular formula is C22H26N4O2S. The van der Waals surface area contributed by atoms with E-state index in [1.807, 2.05) is 40.9 Å². The molecule has 0 aliphatic heterocycles. The molecule has 7 heteroatoms. The lowest BCUT2D eigenvalue weighted by Crippen LogP contribution is -2.18. The molecule has 3 aromatic rings. The van der Waals surface area contributed by atoms with Crippen LogP contribution in [0.1, 0.15) is 22.5 Å². The van der Waals surface area contributed by atoms with Gasteiger partial charge in [-0.15, -0.1) is 0 Å². The molecule has 0 saturated heterocycles. The molecule has 0 aliphatic rings. The average molecular weight is 411 g/mol. The van der Waals surface area contributed by atoms with E-state index in [4.69, 9.17) is 0 Å². The van der Waals surface area contributed by atoms with Crippen molar-refractivity contribution in [1.82, 2.24) is 9.40 Å². The van der Waals surface area contributed by atoms with Crippen LogP contribution < -0.4 is 9.73 Å². The molecule has 0 aliphatic carbocycles. The fourth-order valence-electron chi connectivity index (χ4n) is 3.15. The average Bonchev–Trinajstić information content (AvgIpc) is 2.95. The number of benzene rings is 2. The van der Waals surface area contributed by atoms with Crippen LogP contribution in [0.5, 0.6) is 0 Å². The zero-order chi connectivity index (χ0) is 21.2. The molecule has 152 valence electrons. The Morgan fingerprint density at radius 3 is 2.17 bits per heavy atom. The second-order valence-electron chi connectivity index (χ2n) is 7.24. The number of hydrogen-bond donors (Lipinski definition) is 1. The van der Waals surface area contributed by atoms with Crippen molar-refractivity contribution >= 4 is 21.9 Å². The maximum Gasteiger partial charge on any atom is 0.276 e. The smallest absolute Gasteiger partial charge is 0.276 e. The lowest BCUT2D eigenvalue weighted by molar-refractivity contribution is 0.584. The van der Waals surface area contributed by atoms with Crippen molar-refractivity contribution < 1.29 is 8.42 Å². The van der Waals surface area contributed by atoms with Crippen LogP contribution in [0.25, 0.3) is 5.69 Å². The number of anilines is 1. The first-order chi connectivity index (χ1) is 13.7. The Hall–Kier alpha value is -3.06. The molecule has 1 aromatic heterocycles. The number of aryl methyl sites for hydroxylation is 2. The molecule has 0 spiro atoms. The van der Waals surface area contributed by atoms with Crippen LogP contribution >= 0.6 is 0 Å². The fourth-order valence-corrected chi connectivity index (χ4v) is 3.94. The van der Waals surface area contributed by atoms with Crippen LogP contribution in [0.3, 0.4) is 0 Å². The van der Waals surface area contributed by atoms with Gasteiger partial charge in [-0.3, -0.25) is 0 Å². The SMILES string of the molecule is Cc1ccc(S(=O)(=O)NN=Cc2cc(C)n(-c3ccc(N(C)C)cc3)c2C)cc1. The highest BCUT2D eigenvalue weighted by molar-refractivity contribution is 7.89. The topological polar surface area (TPSA) is 66.7 Å². The summed E-state index contributed by atoms with van der Waals surface area (Å²) >= 11 is 0. The largest absolute Gasteiger partial charge is 0.378 e. The molecule has 3 rings (SSSR count). The van der Waals surface area contributed by atoms with Gasteiger partial charge >= 0.3 is 0 Å². The predicted molar refractivity (Wildman–Crippen MR) is 119 cm³/mol. The van der Waals surface area contributed by atoms with E-state index in [9.17, 15) is 8.42 Å². The number of sulfonamides is 1. The second kappa shape index (κ2) is 8.13. The molecule has 0 fully saturated rings. The third-order valence-corrected chi connectivity index (χ3v) is 6.04. The minimum Gasteiger partial charge on any atom is -0.378 e. The number of hydrazone groups is 1. The fraction of sp³-hybridized carbons (Fsp3) is 0.227. The van der Waals surface area contributed by atoms with Gasteiger partial charge in [-0.05, 0) is 63.2 Å². The summed E-state index contributed by atoms with van der Waals surface area (Å²) < 4.78 is 26.9. The van der Waals surface area contributed by atoms with Crippen molar-refractivity contribution in [2.45, 2.75) is 25.7 Å². The van der Waals surface area contributed by atoms with E-state index in [-0.39, 0.29) is 4.90 Å². The summed E-state index contributed by atoms with van der Waals surface area (Å²) in [5.74, 6) is 0. The zero-order valence-electron chi connectivity index (χ0n) is 17.3. The summed E-state index contributed by atoms with van der Waals surface area (Å²) in [6.45, 7) is 5.91.